The number of piperidine rings is 1. The van der Waals surface area contributed by atoms with Crippen LogP contribution in [0.3, 0.4) is 0 Å². The second-order valence-electron chi connectivity index (χ2n) is 10.4. The molecule has 192 valence electrons. The number of aromatic nitrogens is 5. The first-order valence-corrected chi connectivity index (χ1v) is 13.3. The third kappa shape index (κ3) is 5.28. The van der Waals surface area contributed by atoms with Gasteiger partial charge in [0.2, 0.25) is 0 Å². The van der Waals surface area contributed by atoms with Gasteiger partial charge in [-0.1, -0.05) is 6.42 Å². The molecule has 0 bridgehead atoms. The lowest BCUT2D eigenvalue weighted by molar-refractivity contribution is 0.220. The normalized spacial score (nSPS) is 17.5. The van der Waals surface area contributed by atoms with E-state index in [-0.39, 0.29) is 0 Å². The maximum absolute atomic E-state index is 6.37. The summed E-state index contributed by atoms with van der Waals surface area (Å²) in [5.41, 5.74) is 13.1. The molecular formula is C28H35N9. The zero-order chi connectivity index (χ0) is 25.2. The van der Waals surface area contributed by atoms with Gasteiger partial charge in [0.25, 0.3) is 0 Å². The number of likely N-dealkylation sites (N-methyl/N-ethyl adjacent to an activating group) is 1. The molecule has 2 saturated heterocycles. The number of likely N-dealkylation sites (tertiary alicyclic amines) is 1. The van der Waals surface area contributed by atoms with Gasteiger partial charge in [-0.15, -0.1) is 0 Å². The number of nitrogens with two attached hydrogens (primary N) is 1. The third-order valence-electron chi connectivity index (χ3n) is 7.56. The van der Waals surface area contributed by atoms with Crippen molar-refractivity contribution in [3.63, 3.8) is 0 Å². The Bertz CT molecular complexity index is 1370. The number of pyridine rings is 3. The van der Waals surface area contributed by atoms with Crippen LogP contribution in [-0.2, 0) is 13.0 Å². The van der Waals surface area contributed by atoms with E-state index in [0.29, 0.717) is 12.1 Å². The molecular weight excluding hydrogens is 462 g/mol. The number of aromatic amines is 1. The molecule has 37 heavy (non-hydrogen) atoms. The van der Waals surface area contributed by atoms with Crippen LogP contribution in [0.5, 0.6) is 0 Å². The Labute approximate surface area is 217 Å². The number of hydrogen-bond donors (Lipinski definition) is 2. The Kier molecular flexibility index (Phi) is 6.72. The van der Waals surface area contributed by atoms with Gasteiger partial charge in [-0.3, -0.25) is 14.9 Å². The number of rotatable bonds is 6. The maximum Gasteiger partial charge on any atom is 0.156 e. The summed E-state index contributed by atoms with van der Waals surface area (Å²) < 4.78 is 0. The van der Waals surface area contributed by atoms with Crippen molar-refractivity contribution in [3.05, 3.63) is 59.9 Å². The lowest BCUT2D eigenvalue weighted by Crippen LogP contribution is -2.44. The summed E-state index contributed by atoms with van der Waals surface area (Å²) in [5.74, 6) is 1.83. The molecule has 0 unspecified atom stereocenters. The van der Waals surface area contributed by atoms with E-state index in [9.17, 15) is 0 Å². The predicted octanol–water partition coefficient (Wildman–Crippen LogP) is 3.33. The highest BCUT2D eigenvalue weighted by Gasteiger charge is 2.20. The molecule has 0 amide bonds. The number of nitrogens with zero attached hydrogens (tertiary/aromatic N) is 7. The lowest BCUT2D eigenvalue weighted by Gasteiger charge is -2.33. The van der Waals surface area contributed by atoms with Gasteiger partial charge in [0.15, 0.2) is 5.82 Å². The van der Waals surface area contributed by atoms with E-state index in [1.54, 1.807) is 6.20 Å². The van der Waals surface area contributed by atoms with E-state index in [0.717, 1.165) is 85.3 Å². The second-order valence-corrected chi connectivity index (χ2v) is 10.4. The van der Waals surface area contributed by atoms with E-state index in [1.807, 2.05) is 24.7 Å². The topological polar surface area (TPSA) is 103 Å². The fraction of sp³-hybridized carbons (Fsp3) is 0.429. The Morgan fingerprint density at radius 2 is 1.78 bits per heavy atom. The number of imidazole rings is 1. The molecule has 0 aromatic carbocycles. The van der Waals surface area contributed by atoms with Gasteiger partial charge in [0, 0.05) is 63.3 Å². The fourth-order valence-electron chi connectivity index (χ4n) is 5.39. The molecule has 6 heterocycles. The first kappa shape index (κ1) is 23.8. The second kappa shape index (κ2) is 10.4. The van der Waals surface area contributed by atoms with Crippen LogP contribution in [0.1, 0.15) is 36.2 Å². The zero-order valence-corrected chi connectivity index (χ0v) is 21.5. The quantitative estimate of drug-likeness (QED) is 0.418. The van der Waals surface area contributed by atoms with Gasteiger partial charge < -0.3 is 20.5 Å². The number of nitrogens with one attached hydrogen (secondary N) is 1. The van der Waals surface area contributed by atoms with E-state index >= 15 is 0 Å². The Balaban J connectivity index is 1.24. The summed E-state index contributed by atoms with van der Waals surface area (Å²) in [5, 5.41) is 0. The molecule has 3 N–H and O–H groups in total. The minimum absolute atomic E-state index is 0.596. The molecule has 9 heteroatoms. The van der Waals surface area contributed by atoms with Crippen molar-refractivity contribution in [2.75, 3.05) is 56.9 Å². The van der Waals surface area contributed by atoms with Crippen molar-refractivity contribution in [3.8, 4) is 11.3 Å². The molecule has 0 saturated carbocycles. The summed E-state index contributed by atoms with van der Waals surface area (Å²) in [4.78, 5) is 29.5. The number of piperazine rings is 1. The highest BCUT2D eigenvalue weighted by molar-refractivity contribution is 5.86. The average molecular weight is 498 g/mol. The van der Waals surface area contributed by atoms with Crippen LogP contribution in [0.15, 0.2) is 43.0 Å². The van der Waals surface area contributed by atoms with Crippen molar-refractivity contribution < 1.29 is 0 Å². The molecule has 2 aliphatic rings. The molecule has 2 fully saturated rings. The Hall–Kier alpha value is -3.56. The van der Waals surface area contributed by atoms with Crippen molar-refractivity contribution in [1.82, 2.24) is 34.7 Å². The van der Waals surface area contributed by atoms with Crippen molar-refractivity contribution in [2.24, 2.45) is 0 Å². The highest BCUT2D eigenvalue weighted by Crippen LogP contribution is 2.27. The number of hydrogen-bond acceptors (Lipinski definition) is 8. The summed E-state index contributed by atoms with van der Waals surface area (Å²) in [6, 6.07) is 6.27. The van der Waals surface area contributed by atoms with Crippen LogP contribution in [-0.4, -0.2) is 81.0 Å². The van der Waals surface area contributed by atoms with Crippen LogP contribution in [0.2, 0.25) is 0 Å². The van der Waals surface area contributed by atoms with Gasteiger partial charge in [0.1, 0.15) is 11.3 Å². The van der Waals surface area contributed by atoms with Gasteiger partial charge >= 0.3 is 0 Å². The smallest absolute Gasteiger partial charge is 0.156 e. The monoisotopic (exact) mass is 497 g/mol. The molecule has 0 radical (unpaired) electrons. The van der Waals surface area contributed by atoms with Gasteiger partial charge in [0.05, 0.1) is 23.1 Å². The van der Waals surface area contributed by atoms with E-state index in [4.69, 9.17) is 10.7 Å². The molecule has 0 spiro atoms. The lowest BCUT2D eigenvalue weighted by atomic mass is 10.1. The molecule has 2 aliphatic heterocycles. The Morgan fingerprint density at radius 3 is 2.62 bits per heavy atom. The molecule has 4 aromatic heterocycles. The number of anilines is 2. The fourth-order valence-corrected chi connectivity index (χ4v) is 5.39. The van der Waals surface area contributed by atoms with Crippen molar-refractivity contribution in [1.29, 1.82) is 0 Å². The third-order valence-corrected chi connectivity index (χ3v) is 7.56. The number of fused-ring (bicyclic) bond motifs is 1. The minimum Gasteiger partial charge on any atom is -0.397 e. The maximum atomic E-state index is 6.37. The van der Waals surface area contributed by atoms with Gasteiger partial charge in [-0.2, -0.15) is 0 Å². The average Bonchev–Trinajstić information content (AvgIpc) is 3.34. The first-order chi connectivity index (χ1) is 18.1. The molecule has 0 atom stereocenters. The van der Waals surface area contributed by atoms with E-state index < -0.39 is 0 Å². The minimum atomic E-state index is 0.596. The summed E-state index contributed by atoms with van der Waals surface area (Å²) in [6.07, 6.45) is 12.0. The van der Waals surface area contributed by atoms with Crippen LogP contribution in [0, 0.1) is 0 Å². The van der Waals surface area contributed by atoms with Crippen molar-refractivity contribution >= 4 is 22.5 Å². The Morgan fingerprint density at radius 1 is 0.946 bits per heavy atom. The van der Waals surface area contributed by atoms with E-state index in [2.05, 4.69) is 53.8 Å². The standard InChI is InChI=1S/C28H35N9/c1-35-9-11-37(12-10-35)28-27-24(5-6-31-28)33-26(34-27)15-21-14-25(32-18-23(21)29)22-13-20(16-30-17-22)19-36-7-3-2-4-8-36/h5-6,13-14,16-18H,2-4,7-12,15,19,29H2,1H3,(H,33,34). The molecule has 6 rings (SSSR count). The molecule has 4 aromatic rings. The largest absolute Gasteiger partial charge is 0.397 e. The van der Waals surface area contributed by atoms with Gasteiger partial charge in [-0.25, -0.2) is 9.97 Å². The number of nitrogen functional groups attached to an aromatic ring is 1. The SMILES string of the molecule is CN1CCN(c2nccc3[nH]c(Cc4cc(-c5cncc(CN6CCCCC6)c5)ncc4N)nc23)CC1. The van der Waals surface area contributed by atoms with Crippen LogP contribution >= 0.6 is 0 Å². The zero-order valence-electron chi connectivity index (χ0n) is 21.5. The summed E-state index contributed by atoms with van der Waals surface area (Å²) in [6.45, 7) is 7.23. The molecule has 9 nitrogen and oxygen atoms in total. The van der Waals surface area contributed by atoms with Gasteiger partial charge in [-0.05, 0) is 62.3 Å². The predicted molar refractivity (Wildman–Crippen MR) is 147 cm³/mol. The van der Waals surface area contributed by atoms with Crippen LogP contribution in [0.4, 0.5) is 11.5 Å². The highest BCUT2D eigenvalue weighted by atomic mass is 15.3. The van der Waals surface area contributed by atoms with E-state index in [1.165, 1.54) is 24.8 Å². The van der Waals surface area contributed by atoms with Crippen LogP contribution < -0.4 is 10.6 Å². The summed E-state index contributed by atoms with van der Waals surface area (Å²) in [7, 11) is 2.16. The van der Waals surface area contributed by atoms with Crippen molar-refractivity contribution in [2.45, 2.75) is 32.2 Å². The number of H-pyrrole nitrogens is 1. The first-order valence-electron chi connectivity index (χ1n) is 13.3. The van der Waals surface area contributed by atoms with Crippen LogP contribution in [0.25, 0.3) is 22.3 Å². The molecule has 0 aliphatic carbocycles. The summed E-state index contributed by atoms with van der Waals surface area (Å²) >= 11 is 0.